The molecule has 3 rings (SSSR count). The second-order valence-electron chi connectivity index (χ2n) is 11.1. The van der Waals surface area contributed by atoms with E-state index in [0.29, 0.717) is 44.2 Å². The Morgan fingerprint density at radius 3 is 2.45 bits per heavy atom. The summed E-state index contributed by atoms with van der Waals surface area (Å²) in [5.41, 5.74) is 2.05. The SMILES string of the molecule is CCC[C@H](NP(=O)(CCCCCCn1c2nc(=O)[nH]c(=O)c-2nc2cc(C)c(N(C)C)cc21)N[C@@H](C)C(=O)OCC)C(=O)O. The Hall–Kier alpha value is -3.61. The minimum atomic E-state index is -3.48. The Kier molecular flexibility index (Phi) is 12.2. The van der Waals surface area contributed by atoms with Crippen molar-refractivity contribution in [3.05, 3.63) is 38.5 Å². The summed E-state index contributed by atoms with van der Waals surface area (Å²) >= 11 is 0. The number of aromatic nitrogens is 4. The molecule has 44 heavy (non-hydrogen) atoms. The summed E-state index contributed by atoms with van der Waals surface area (Å²) in [7, 11) is 0.388. The number of ether oxygens (including phenoxy) is 1. The van der Waals surface area contributed by atoms with Crippen LogP contribution in [0.5, 0.6) is 0 Å². The van der Waals surface area contributed by atoms with E-state index in [-0.39, 0.29) is 30.7 Å². The fourth-order valence-electron chi connectivity index (χ4n) is 5.18. The average molecular weight is 634 g/mol. The molecule has 0 aliphatic carbocycles. The lowest BCUT2D eigenvalue weighted by Gasteiger charge is -2.27. The maximum absolute atomic E-state index is 13.9. The number of carboxylic acids is 1. The summed E-state index contributed by atoms with van der Waals surface area (Å²) in [6, 6.07) is 1.97. The summed E-state index contributed by atoms with van der Waals surface area (Å²) < 4.78 is 20.7. The predicted molar refractivity (Wildman–Crippen MR) is 170 cm³/mol. The molecule has 0 spiro atoms. The van der Waals surface area contributed by atoms with Crippen molar-refractivity contribution in [3.8, 4) is 11.5 Å². The molecule has 15 heteroatoms. The highest BCUT2D eigenvalue weighted by molar-refractivity contribution is 7.59. The maximum atomic E-state index is 13.9. The van der Waals surface area contributed by atoms with E-state index in [1.807, 2.05) is 49.5 Å². The van der Waals surface area contributed by atoms with Crippen LogP contribution in [0.25, 0.3) is 22.6 Å². The van der Waals surface area contributed by atoms with Gasteiger partial charge in [0.05, 0.1) is 17.6 Å². The number of fused-ring (bicyclic) bond motifs is 2. The van der Waals surface area contributed by atoms with Crippen LogP contribution < -0.4 is 26.3 Å². The predicted octanol–water partition coefficient (Wildman–Crippen LogP) is 3.10. The smallest absolute Gasteiger partial charge is 0.349 e. The molecule has 0 aromatic heterocycles. The normalized spacial score (nSPS) is 14.3. The van der Waals surface area contributed by atoms with Gasteiger partial charge in [0, 0.05) is 32.5 Å². The molecule has 4 N–H and O–H groups in total. The molecular formula is C29H44N7O7P. The van der Waals surface area contributed by atoms with Gasteiger partial charge in [0.15, 0.2) is 11.5 Å². The standard InChI is InChI=1S/C29H44N7O7P/c1-7-13-20(27(38)39)34-44(42,33-19(4)28(40)43-8-2)15-12-10-9-11-14-36-23-17-22(35(5)6)18(3)16-21(23)30-24-25(36)31-29(41)32-26(24)37/h16-17,19-20H,7-15H2,1-6H3,(H,38,39)(H,32,37,41)(H2,33,34,42)/t19-,20-,44?/m0/s1. The van der Waals surface area contributed by atoms with E-state index in [1.54, 1.807) is 6.92 Å². The lowest BCUT2D eigenvalue weighted by molar-refractivity contribution is -0.144. The van der Waals surface area contributed by atoms with Crippen LogP contribution in [0.1, 0.15) is 64.9 Å². The van der Waals surface area contributed by atoms with Gasteiger partial charge in [-0.25, -0.2) is 20.0 Å². The van der Waals surface area contributed by atoms with E-state index in [9.17, 15) is 28.8 Å². The van der Waals surface area contributed by atoms with Crippen LogP contribution in [0, 0.1) is 6.92 Å². The third-order valence-electron chi connectivity index (χ3n) is 7.30. The van der Waals surface area contributed by atoms with Gasteiger partial charge in [-0.2, -0.15) is 4.98 Å². The second kappa shape index (κ2) is 15.4. The van der Waals surface area contributed by atoms with E-state index in [0.717, 1.165) is 16.8 Å². The van der Waals surface area contributed by atoms with Gasteiger partial charge in [-0.1, -0.05) is 26.2 Å². The Morgan fingerprint density at radius 1 is 1.11 bits per heavy atom. The van der Waals surface area contributed by atoms with Crippen LogP contribution in [0.4, 0.5) is 5.69 Å². The number of aromatic amines is 1. The van der Waals surface area contributed by atoms with E-state index < -0.39 is 42.7 Å². The molecule has 3 atom stereocenters. The number of hydrogen-bond donors (Lipinski definition) is 4. The number of benzene rings is 1. The minimum absolute atomic E-state index is 0.0861. The minimum Gasteiger partial charge on any atom is -0.480 e. The lowest BCUT2D eigenvalue weighted by Crippen LogP contribution is -2.43. The van der Waals surface area contributed by atoms with Gasteiger partial charge in [-0.3, -0.25) is 23.9 Å². The first-order valence-corrected chi connectivity index (χ1v) is 16.9. The summed E-state index contributed by atoms with van der Waals surface area (Å²) in [5, 5.41) is 15.3. The topological polar surface area (TPSA) is 189 Å². The number of nitrogens with zero attached hydrogens (tertiary/aromatic N) is 4. The van der Waals surface area contributed by atoms with E-state index in [2.05, 4.69) is 25.1 Å². The summed E-state index contributed by atoms with van der Waals surface area (Å²) in [5.74, 6) is -1.46. The second-order valence-corrected chi connectivity index (χ2v) is 13.6. The van der Waals surface area contributed by atoms with Crippen molar-refractivity contribution >= 4 is 36.1 Å². The van der Waals surface area contributed by atoms with E-state index in [4.69, 9.17) is 4.74 Å². The van der Waals surface area contributed by atoms with Crippen molar-refractivity contribution in [2.45, 2.75) is 84.8 Å². The fourth-order valence-corrected chi connectivity index (χ4v) is 7.66. The summed E-state index contributed by atoms with van der Waals surface area (Å²) in [6.07, 6.45) is 3.54. The van der Waals surface area contributed by atoms with Crippen molar-refractivity contribution in [2.75, 3.05) is 31.8 Å². The molecule has 2 aliphatic heterocycles. The number of carbonyl (C=O) groups excluding carboxylic acids is 1. The number of anilines is 1. The Balaban J connectivity index is 1.77. The molecule has 0 saturated carbocycles. The average Bonchev–Trinajstić information content (AvgIpc) is 2.94. The zero-order valence-corrected chi connectivity index (χ0v) is 27.2. The lowest BCUT2D eigenvalue weighted by atomic mass is 10.1. The molecule has 14 nitrogen and oxygen atoms in total. The van der Waals surface area contributed by atoms with Crippen molar-refractivity contribution < 1.29 is 24.0 Å². The highest BCUT2D eigenvalue weighted by atomic mass is 31.2. The number of carboxylic acid groups (broad SMARTS) is 1. The molecule has 0 saturated heterocycles. The molecule has 1 aromatic rings. The zero-order chi connectivity index (χ0) is 32.6. The van der Waals surface area contributed by atoms with Gasteiger partial charge in [-0.05, 0) is 57.7 Å². The largest absolute Gasteiger partial charge is 0.480 e. The number of aliphatic carboxylic acids is 1. The summed E-state index contributed by atoms with van der Waals surface area (Å²) in [6.45, 7) is 7.65. The van der Waals surface area contributed by atoms with Crippen LogP contribution in [-0.2, 0) is 25.4 Å². The summed E-state index contributed by atoms with van der Waals surface area (Å²) in [4.78, 5) is 61.5. The molecule has 242 valence electrons. The van der Waals surface area contributed by atoms with Crippen LogP contribution in [0.3, 0.4) is 0 Å². The Labute approximate surface area is 256 Å². The molecule has 0 amide bonds. The monoisotopic (exact) mass is 633 g/mol. The molecule has 0 radical (unpaired) electrons. The Bertz CT molecular complexity index is 1600. The third-order valence-corrected chi connectivity index (χ3v) is 9.77. The van der Waals surface area contributed by atoms with Crippen molar-refractivity contribution in [3.63, 3.8) is 0 Å². The van der Waals surface area contributed by atoms with Crippen molar-refractivity contribution in [1.82, 2.24) is 29.7 Å². The zero-order valence-electron chi connectivity index (χ0n) is 26.3. The first-order valence-electron chi connectivity index (χ1n) is 15.0. The van der Waals surface area contributed by atoms with Gasteiger partial charge >= 0.3 is 17.6 Å². The van der Waals surface area contributed by atoms with E-state index >= 15 is 0 Å². The number of aryl methyl sites for hydroxylation is 2. The number of rotatable bonds is 17. The molecule has 1 unspecified atom stereocenters. The number of unbranched alkanes of at least 4 members (excludes halogenated alkanes) is 3. The molecule has 2 heterocycles. The van der Waals surface area contributed by atoms with Crippen LogP contribution in [0.2, 0.25) is 0 Å². The number of hydrogen-bond acceptors (Lipinski definition) is 9. The molecule has 0 bridgehead atoms. The molecular weight excluding hydrogens is 589 g/mol. The highest BCUT2D eigenvalue weighted by Gasteiger charge is 2.32. The first kappa shape index (κ1) is 34.9. The third kappa shape index (κ3) is 8.73. The number of esters is 1. The number of carbonyl (C=O) groups is 2. The van der Waals surface area contributed by atoms with Gasteiger partial charge in [0.2, 0.25) is 7.44 Å². The van der Waals surface area contributed by atoms with Crippen LogP contribution in [0.15, 0.2) is 21.7 Å². The van der Waals surface area contributed by atoms with Gasteiger partial charge < -0.3 is 19.3 Å². The van der Waals surface area contributed by atoms with Gasteiger partial charge in [0.1, 0.15) is 12.1 Å². The van der Waals surface area contributed by atoms with Crippen molar-refractivity contribution in [1.29, 1.82) is 0 Å². The molecule has 2 aliphatic rings. The van der Waals surface area contributed by atoms with E-state index in [1.165, 1.54) is 6.92 Å². The van der Waals surface area contributed by atoms with Gasteiger partial charge in [0.25, 0.3) is 5.56 Å². The number of H-pyrrole nitrogens is 1. The first-order chi connectivity index (χ1) is 20.8. The molecule has 1 aromatic carbocycles. The van der Waals surface area contributed by atoms with Gasteiger partial charge in [-0.15, -0.1) is 0 Å². The molecule has 0 fully saturated rings. The Morgan fingerprint density at radius 2 is 1.82 bits per heavy atom. The van der Waals surface area contributed by atoms with Crippen LogP contribution >= 0.6 is 7.44 Å². The highest BCUT2D eigenvalue weighted by Crippen LogP contribution is 2.39. The van der Waals surface area contributed by atoms with Crippen LogP contribution in [-0.4, -0.2) is 75.5 Å². The fraction of sp³-hybridized carbons (Fsp3) is 0.586. The number of nitrogens with one attached hydrogen (secondary N) is 3. The quantitative estimate of drug-likeness (QED) is 0.0737. The maximum Gasteiger partial charge on any atom is 0.349 e. The van der Waals surface area contributed by atoms with Crippen molar-refractivity contribution in [2.24, 2.45) is 0 Å².